The predicted octanol–water partition coefficient (Wildman–Crippen LogP) is 2.77. The fourth-order valence-corrected chi connectivity index (χ4v) is 1.85. The minimum atomic E-state index is 0. The maximum atomic E-state index is 8.70. The van der Waals surface area contributed by atoms with Crippen molar-refractivity contribution in [1.82, 2.24) is 4.57 Å². The third kappa shape index (κ3) is 5.35. The van der Waals surface area contributed by atoms with Crippen LogP contribution in [-0.4, -0.2) is 10.6 Å². The van der Waals surface area contributed by atoms with E-state index in [0.29, 0.717) is 5.56 Å². The largest absolute Gasteiger partial charge is 0.353 e. The van der Waals surface area contributed by atoms with Gasteiger partial charge in [-0.15, -0.1) is 24.8 Å². The second kappa shape index (κ2) is 8.60. The number of hydrogen-bond donors (Lipinski definition) is 1. The van der Waals surface area contributed by atoms with Gasteiger partial charge in [0, 0.05) is 25.0 Å². The van der Waals surface area contributed by atoms with E-state index in [0.717, 1.165) is 13.0 Å². The minimum absolute atomic E-state index is 0. The van der Waals surface area contributed by atoms with Crippen molar-refractivity contribution in [3.63, 3.8) is 0 Å². The average Bonchev–Trinajstić information content (AvgIpc) is 2.82. The smallest absolute Gasteiger partial charge is 0.0991 e. The highest BCUT2D eigenvalue weighted by Gasteiger charge is 2.04. The molecule has 0 bridgehead atoms. The Hall–Kier alpha value is -1.47. The molecule has 0 spiro atoms. The van der Waals surface area contributed by atoms with E-state index in [2.05, 4.69) is 10.6 Å². The lowest BCUT2D eigenvalue weighted by Crippen LogP contribution is -2.28. The highest BCUT2D eigenvalue weighted by atomic mass is 35.5. The van der Waals surface area contributed by atoms with Gasteiger partial charge in [0.15, 0.2) is 0 Å². The van der Waals surface area contributed by atoms with Crippen molar-refractivity contribution in [1.29, 1.82) is 5.26 Å². The number of nitrogens with zero attached hydrogens (tertiary/aromatic N) is 2. The van der Waals surface area contributed by atoms with Gasteiger partial charge >= 0.3 is 0 Å². The van der Waals surface area contributed by atoms with Gasteiger partial charge in [-0.05, 0) is 36.2 Å². The third-order valence-electron chi connectivity index (χ3n) is 2.69. The van der Waals surface area contributed by atoms with Crippen LogP contribution in [0.4, 0.5) is 0 Å². The lowest BCUT2D eigenvalue weighted by Gasteiger charge is -2.12. The van der Waals surface area contributed by atoms with Crippen LogP contribution in [-0.2, 0) is 13.0 Å². The molecule has 19 heavy (non-hydrogen) atoms. The summed E-state index contributed by atoms with van der Waals surface area (Å²) in [6, 6.07) is 13.8. The Morgan fingerprint density at radius 3 is 2.21 bits per heavy atom. The second-order valence-electron chi connectivity index (χ2n) is 4.15. The Balaban J connectivity index is 0.00000162. The van der Waals surface area contributed by atoms with Crippen LogP contribution in [0.5, 0.6) is 0 Å². The van der Waals surface area contributed by atoms with E-state index in [-0.39, 0.29) is 30.9 Å². The Labute approximate surface area is 125 Å². The zero-order valence-corrected chi connectivity index (χ0v) is 12.0. The number of hydrogen-bond acceptors (Lipinski definition) is 2. The molecule has 2 N–H and O–H groups in total. The first-order valence-corrected chi connectivity index (χ1v) is 5.63. The van der Waals surface area contributed by atoms with Crippen LogP contribution < -0.4 is 5.73 Å². The Morgan fingerprint density at radius 1 is 1.11 bits per heavy atom. The molecule has 1 atom stereocenters. The standard InChI is InChI=1S/C14H15N3.2ClH/c15-10-13-5-3-12(4-6-13)9-14(16)11-17-7-1-2-8-17;;/h1-8,14H,9,11,16H2;2*1H. The molecule has 1 aromatic carbocycles. The molecule has 3 nitrogen and oxygen atoms in total. The average molecular weight is 298 g/mol. The van der Waals surface area contributed by atoms with Gasteiger partial charge in [0.05, 0.1) is 11.6 Å². The summed E-state index contributed by atoms with van der Waals surface area (Å²) >= 11 is 0. The number of nitriles is 1. The maximum Gasteiger partial charge on any atom is 0.0991 e. The molecule has 102 valence electrons. The van der Waals surface area contributed by atoms with Crippen molar-refractivity contribution >= 4 is 24.8 Å². The molecule has 0 amide bonds. The first-order valence-electron chi connectivity index (χ1n) is 5.63. The van der Waals surface area contributed by atoms with E-state index < -0.39 is 0 Å². The van der Waals surface area contributed by atoms with Crippen LogP contribution in [0.3, 0.4) is 0 Å². The Bertz CT molecular complexity index is 500. The highest BCUT2D eigenvalue weighted by Crippen LogP contribution is 2.06. The number of halogens is 2. The summed E-state index contributed by atoms with van der Waals surface area (Å²) in [4.78, 5) is 0. The van der Waals surface area contributed by atoms with Crippen molar-refractivity contribution in [3.05, 3.63) is 59.9 Å². The normalized spacial score (nSPS) is 10.7. The van der Waals surface area contributed by atoms with E-state index in [1.807, 2.05) is 48.8 Å². The molecule has 1 heterocycles. The molecular formula is C14H17Cl2N3. The van der Waals surface area contributed by atoms with Crippen LogP contribution in [0.25, 0.3) is 0 Å². The van der Waals surface area contributed by atoms with Crippen LogP contribution in [0.15, 0.2) is 48.8 Å². The molecule has 0 radical (unpaired) electrons. The summed E-state index contributed by atoms with van der Waals surface area (Å²) < 4.78 is 2.08. The van der Waals surface area contributed by atoms with Crippen LogP contribution >= 0.6 is 24.8 Å². The van der Waals surface area contributed by atoms with Crippen LogP contribution in [0.1, 0.15) is 11.1 Å². The molecule has 2 rings (SSSR count). The quantitative estimate of drug-likeness (QED) is 0.943. The predicted molar refractivity (Wildman–Crippen MR) is 81.8 cm³/mol. The molecule has 0 aliphatic rings. The molecule has 1 aromatic heterocycles. The van der Waals surface area contributed by atoms with Gasteiger partial charge < -0.3 is 10.3 Å². The molecular weight excluding hydrogens is 281 g/mol. The lowest BCUT2D eigenvalue weighted by atomic mass is 10.1. The fourth-order valence-electron chi connectivity index (χ4n) is 1.85. The molecule has 0 aliphatic carbocycles. The van der Waals surface area contributed by atoms with Crippen molar-refractivity contribution in [2.24, 2.45) is 5.73 Å². The second-order valence-corrected chi connectivity index (χ2v) is 4.15. The SMILES string of the molecule is Cl.Cl.N#Cc1ccc(CC(N)Cn2cccc2)cc1. The lowest BCUT2D eigenvalue weighted by molar-refractivity contribution is 0.551. The van der Waals surface area contributed by atoms with Crippen LogP contribution in [0.2, 0.25) is 0 Å². The van der Waals surface area contributed by atoms with Crippen LogP contribution in [0, 0.1) is 11.3 Å². The summed E-state index contributed by atoms with van der Waals surface area (Å²) in [6.07, 6.45) is 4.85. The zero-order valence-electron chi connectivity index (χ0n) is 10.4. The van der Waals surface area contributed by atoms with E-state index in [1.165, 1.54) is 5.56 Å². The molecule has 1 unspecified atom stereocenters. The first-order chi connectivity index (χ1) is 8.28. The highest BCUT2D eigenvalue weighted by molar-refractivity contribution is 5.85. The molecule has 0 saturated carbocycles. The summed E-state index contributed by atoms with van der Waals surface area (Å²) in [6.45, 7) is 0.813. The number of rotatable bonds is 4. The van der Waals surface area contributed by atoms with Gasteiger partial charge in [0.1, 0.15) is 0 Å². The van der Waals surface area contributed by atoms with E-state index in [9.17, 15) is 0 Å². The summed E-state index contributed by atoms with van der Waals surface area (Å²) in [5.41, 5.74) is 7.94. The maximum absolute atomic E-state index is 8.70. The van der Waals surface area contributed by atoms with Gasteiger partial charge in [-0.1, -0.05) is 12.1 Å². The van der Waals surface area contributed by atoms with Crippen molar-refractivity contribution in [3.8, 4) is 6.07 Å². The topological polar surface area (TPSA) is 54.7 Å². The molecule has 0 aliphatic heterocycles. The van der Waals surface area contributed by atoms with Gasteiger partial charge in [-0.25, -0.2) is 0 Å². The third-order valence-corrected chi connectivity index (χ3v) is 2.69. The van der Waals surface area contributed by atoms with E-state index >= 15 is 0 Å². The molecule has 0 fully saturated rings. The molecule has 0 saturated heterocycles. The van der Waals surface area contributed by atoms with Crippen molar-refractivity contribution < 1.29 is 0 Å². The van der Waals surface area contributed by atoms with Gasteiger partial charge in [0.25, 0.3) is 0 Å². The summed E-state index contributed by atoms with van der Waals surface area (Å²) in [5.74, 6) is 0. The monoisotopic (exact) mass is 297 g/mol. The van der Waals surface area contributed by atoms with Gasteiger partial charge in [0.2, 0.25) is 0 Å². The number of nitrogens with two attached hydrogens (primary N) is 1. The van der Waals surface area contributed by atoms with E-state index in [1.54, 1.807) is 0 Å². The molecule has 2 aromatic rings. The Morgan fingerprint density at radius 2 is 1.68 bits per heavy atom. The Kier molecular flexibility index (Phi) is 7.94. The first kappa shape index (κ1) is 17.5. The van der Waals surface area contributed by atoms with Crippen molar-refractivity contribution in [2.45, 2.75) is 19.0 Å². The zero-order chi connectivity index (χ0) is 12.1. The van der Waals surface area contributed by atoms with Crippen molar-refractivity contribution in [2.75, 3.05) is 0 Å². The fraction of sp³-hybridized carbons (Fsp3) is 0.214. The number of aromatic nitrogens is 1. The molecule has 5 heteroatoms. The van der Waals surface area contributed by atoms with Gasteiger partial charge in [-0.2, -0.15) is 5.26 Å². The van der Waals surface area contributed by atoms with E-state index in [4.69, 9.17) is 11.0 Å². The summed E-state index contributed by atoms with van der Waals surface area (Å²) in [5, 5.41) is 8.70. The minimum Gasteiger partial charge on any atom is -0.353 e. The summed E-state index contributed by atoms with van der Waals surface area (Å²) in [7, 11) is 0. The van der Waals surface area contributed by atoms with Gasteiger partial charge in [-0.3, -0.25) is 0 Å². The number of benzene rings is 1.